The molecular formula is C60H36F6N4. The van der Waals surface area contributed by atoms with E-state index in [9.17, 15) is 13.2 Å². The summed E-state index contributed by atoms with van der Waals surface area (Å²) in [7, 11) is 0. The molecule has 0 amide bonds. The third-order valence-corrected chi connectivity index (χ3v) is 13.1. The highest BCUT2D eigenvalue weighted by atomic mass is 19.4. The van der Waals surface area contributed by atoms with Gasteiger partial charge in [0.2, 0.25) is 0 Å². The predicted octanol–water partition coefficient (Wildman–Crippen LogP) is 17.0. The van der Waals surface area contributed by atoms with Crippen LogP contribution in [0.25, 0.3) is 111 Å². The van der Waals surface area contributed by atoms with E-state index < -0.39 is 23.5 Å². The summed E-state index contributed by atoms with van der Waals surface area (Å²) in [5.41, 5.74) is 6.65. The van der Waals surface area contributed by atoms with Gasteiger partial charge in [0, 0.05) is 56.2 Å². The molecule has 4 aromatic heterocycles. The van der Waals surface area contributed by atoms with E-state index in [2.05, 4.69) is 0 Å². The van der Waals surface area contributed by atoms with Crippen LogP contribution in [0.1, 0.15) is 11.1 Å². The first-order valence-electron chi connectivity index (χ1n) is 22.5. The quantitative estimate of drug-likeness (QED) is 0.149. The zero-order valence-electron chi connectivity index (χ0n) is 36.8. The fourth-order valence-corrected chi connectivity index (χ4v) is 9.81. The zero-order valence-corrected chi connectivity index (χ0v) is 36.8. The van der Waals surface area contributed by atoms with E-state index in [0.717, 1.165) is 56.9 Å². The Labute approximate surface area is 397 Å². The maximum atomic E-state index is 16.5. The average Bonchev–Trinajstić information content (AvgIpc) is 3.90. The normalized spacial score (nSPS) is 12.1. The first kappa shape index (κ1) is 42.6. The molecule has 10 heteroatoms. The van der Waals surface area contributed by atoms with Crippen molar-refractivity contribution in [2.45, 2.75) is 12.4 Å². The third kappa shape index (κ3) is 7.36. The van der Waals surface area contributed by atoms with Crippen LogP contribution in [0.15, 0.2) is 219 Å². The number of alkyl halides is 6. The highest BCUT2D eigenvalue weighted by Gasteiger charge is 2.40. The van der Waals surface area contributed by atoms with Gasteiger partial charge in [0.1, 0.15) is 5.56 Å². The Morgan fingerprint density at radius 3 is 1.16 bits per heavy atom. The smallest absolute Gasteiger partial charge is 0.309 e. The SMILES string of the molecule is FC(F)(F)c1cccc(-c2cc(-n3c4ccccc4c4cc(-c5ccc(-c6ccccc6)nc5)ccc43)c(C(F)(F)F)c(-n3c4ccccc4c4cc(-c5ccc(-c6ccccc6)nc5)ccc43)c2)c1. The van der Waals surface area contributed by atoms with Crippen molar-refractivity contribution in [2.24, 2.45) is 0 Å². The summed E-state index contributed by atoms with van der Waals surface area (Å²) < 4.78 is 95.8. The molecule has 70 heavy (non-hydrogen) atoms. The summed E-state index contributed by atoms with van der Waals surface area (Å²) in [5.74, 6) is 0. The Balaban J connectivity index is 1.10. The van der Waals surface area contributed by atoms with Crippen molar-refractivity contribution in [2.75, 3.05) is 0 Å². The minimum Gasteiger partial charge on any atom is -0.309 e. The number of halogens is 6. The molecule has 0 N–H and O–H groups in total. The summed E-state index contributed by atoms with van der Waals surface area (Å²) in [5, 5.41) is 2.77. The minimum absolute atomic E-state index is 0.107. The van der Waals surface area contributed by atoms with Crippen LogP contribution in [-0.2, 0) is 12.4 Å². The number of rotatable bonds is 7. The van der Waals surface area contributed by atoms with E-state index in [1.54, 1.807) is 57.9 Å². The summed E-state index contributed by atoms with van der Waals surface area (Å²) in [6.07, 6.45) is -6.10. The Kier molecular flexibility index (Phi) is 10.0. The van der Waals surface area contributed by atoms with E-state index in [1.165, 1.54) is 24.3 Å². The molecule has 0 saturated carbocycles. The lowest BCUT2D eigenvalue weighted by atomic mass is 9.97. The maximum Gasteiger partial charge on any atom is 0.420 e. The van der Waals surface area contributed by atoms with E-state index in [1.807, 2.05) is 133 Å². The highest BCUT2D eigenvalue weighted by molar-refractivity contribution is 6.12. The predicted molar refractivity (Wildman–Crippen MR) is 268 cm³/mol. The number of benzene rings is 8. The van der Waals surface area contributed by atoms with Crippen LogP contribution in [0.5, 0.6) is 0 Å². The van der Waals surface area contributed by atoms with Gasteiger partial charge in [-0.3, -0.25) is 9.97 Å². The molecule has 8 aromatic carbocycles. The molecule has 0 bridgehead atoms. The van der Waals surface area contributed by atoms with Crippen LogP contribution in [0.3, 0.4) is 0 Å². The van der Waals surface area contributed by atoms with Gasteiger partial charge >= 0.3 is 12.4 Å². The second kappa shape index (κ2) is 16.5. The average molecular weight is 927 g/mol. The van der Waals surface area contributed by atoms with Crippen molar-refractivity contribution in [3.63, 3.8) is 0 Å². The molecule has 0 aliphatic carbocycles. The first-order valence-corrected chi connectivity index (χ1v) is 22.5. The first-order chi connectivity index (χ1) is 34.0. The van der Waals surface area contributed by atoms with Crippen molar-refractivity contribution in [3.05, 3.63) is 230 Å². The minimum atomic E-state index is -4.97. The monoisotopic (exact) mass is 926 g/mol. The molecule has 0 aliphatic rings. The van der Waals surface area contributed by atoms with Crippen molar-refractivity contribution >= 4 is 43.6 Å². The maximum absolute atomic E-state index is 16.5. The largest absolute Gasteiger partial charge is 0.420 e. The topological polar surface area (TPSA) is 35.6 Å². The second-order valence-corrected chi connectivity index (χ2v) is 17.2. The Morgan fingerprint density at radius 1 is 0.300 bits per heavy atom. The molecule has 0 fully saturated rings. The van der Waals surface area contributed by atoms with Crippen LogP contribution in [0, 0.1) is 0 Å². The zero-order chi connectivity index (χ0) is 47.7. The van der Waals surface area contributed by atoms with E-state index in [0.29, 0.717) is 43.6 Å². The van der Waals surface area contributed by atoms with Crippen molar-refractivity contribution < 1.29 is 26.3 Å². The van der Waals surface area contributed by atoms with E-state index in [4.69, 9.17) is 9.97 Å². The van der Waals surface area contributed by atoms with Crippen molar-refractivity contribution in [1.29, 1.82) is 0 Å². The molecule has 12 rings (SSSR count). The van der Waals surface area contributed by atoms with Gasteiger partial charge in [-0.15, -0.1) is 0 Å². The van der Waals surface area contributed by atoms with Gasteiger partial charge in [0.05, 0.1) is 50.4 Å². The van der Waals surface area contributed by atoms with Gasteiger partial charge in [-0.25, -0.2) is 0 Å². The fourth-order valence-electron chi connectivity index (χ4n) is 9.81. The number of fused-ring (bicyclic) bond motifs is 6. The Morgan fingerprint density at radius 2 is 0.714 bits per heavy atom. The van der Waals surface area contributed by atoms with Gasteiger partial charge in [-0.1, -0.05) is 133 Å². The molecule has 0 spiro atoms. The fraction of sp³-hybridized carbons (Fsp3) is 0.0333. The molecule has 0 unspecified atom stereocenters. The number of para-hydroxylation sites is 2. The number of pyridine rings is 2. The van der Waals surface area contributed by atoms with Gasteiger partial charge in [-0.05, 0) is 95.1 Å². The number of aromatic nitrogens is 4. The van der Waals surface area contributed by atoms with Gasteiger partial charge in [0.15, 0.2) is 0 Å². The lowest BCUT2D eigenvalue weighted by molar-refractivity contribution is -0.138. The Hall–Kier alpha value is -8.76. The van der Waals surface area contributed by atoms with Crippen LogP contribution in [0.2, 0.25) is 0 Å². The van der Waals surface area contributed by atoms with Crippen LogP contribution in [-0.4, -0.2) is 19.1 Å². The van der Waals surface area contributed by atoms with Crippen molar-refractivity contribution in [3.8, 4) is 67.3 Å². The van der Waals surface area contributed by atoms with Crippen LogP contribution >= 0.6 is 0 Å². The van der Waals surface area contributed by atoms with Crippen molar-refractivity contribution in [1.82, 2.24) is 19.1 Å². The molecule has 12 aromatic rings. The van der Waals surface area contributed by atoms with E-state index >= 15 is 13.2 Å². The number of hydrogen-bond donors (Lipinski definition) is 0. The summed E-state index contributed by atoms with van der Waals surface area (Å²) in [6, 6.07) is 60.6. The lowest BCUT2D eigenvalue weighted by Crippen LogP contribution is -2.16. The molecule has 0 atom stereocenters. The van der Waals surface area contributed by atoms with Gasteiger partial charge in [0.25, 0.3) is 0 Å². The molecule has 338 valence electrons. The van der Waals surface area contributed by atoms with Crippen LogP contribution < -0.4 is 0 Å². The van der Waals surface area contributed by atoms with Gasteiger partial charge < -0.3 is 9.13 Å². The molecule has 0 aliphatic heterocycles. The second-order valence-electron chi connectivity index (χ2n) is 17.2. The standard InChI is InChI=1S/C60H36F6N4/c61-59(62,63)45-17-11-16-39(30-45)44-33-56(69-52-20-9-7-18-46(52)48-31-40(24-28-54(48)69)42-22-26-50(67-35-42)37-12-3-1-4-13-37)58(60(64,65)66)57(34-44)70-53-21-10-8-19-47(53)49-32-41(25-29-55(49)70)43-23-27-51(68-36-43)38-14-5-2-6-15-38/h1-36H. The molecule has 4 nitrogen and oxygen atoms in total. The summed E-state index contributed by atoms with van der Waals surface area (Å²) >= 11 is 0. The highest BCUT2D eigenvalue weighted by Crippen LogP contribution is 2.47. The molecule has 4 heterocycles. The molecule has 0 saturated heterocycles. The van der Waals surface area contributed by atoms with E-state index in [-0.39, 0.29) is 22.5 Å². The molecule has 0 radical (unpaired) electrons. The third-order valence-electron chi connectivity index (χ3n) is 13.1. The summed E-state index contributed by atoms with van der Waals surface area (Å²) in [6.45, 7) is 0. The lowest BCUT2D eigenvalue weighted by Gasteiger charge is -2.23. The number of nitrogens with zero attached hydrogens (tertiary/aromatic N) is 4. The van der Waals surface area contributed by atoms with Crippen LogP contribution in [0.4, 0.5) is 26.3 Å². The summed E-state index contributed by atoms with van der Waals surface area (Å²) in [4.78, 5) is 9.45. The molecular weight excluding hydrogens is 891 g/mol. The number of hydrogen-bond acceptors (Lipinski definition) is 2. The van der Waals surface area contributed by atoms with Gasteiger partial charge in [-0.2, -0.15) is 26.3 Å². The Bertz CT molecular complexity index is 3730.